The quantitative estimate of drug-likeness (QED) is 0.618. The third-order valence-electron chi connectivity index (χ3n) is 2.94. The molecule has 0 radical (unpaired) electrons. The van der Waals surface area contributed by atoms with E-state index in [1.54, 1.807) is 0 Å². The first kappa shape index (κ1) is 16.0. The van der Waals surface area contributed by atoms with Gasteiger partial charge in [-0.05, 0) is 38.6 Å². The maximum atomic E-state index is 9.60. The summed E-state index contributed by atoms with van der Waals surface area (Å²) in [5, 5.41) is 16.0. The molecule has 0 bridgehead atoms. The van der Waals surface area contributed by atoms with Gasteiger partial charge >= 0.3 is 0 Å². The molecule has 1 rings (SSSR count). The van der Waals surface area contributed by atoms with Crippen LogP contribution in [0.3, 0.4) is 0 Å². The predicted molar refractivity (Wildman–Crippen MR) is 81.6 cm³/mol. The van der Waals surface area contributed by atoms with Gasteiger partial charge in [0.1, 0.15) is 0 Å². The van der Waals surface area contributed by atoms with Crippen LogP contribution in [-0.2, 0) is 6.54 Å². The van der Waals surface area contributed by atoms with Crippen LogP contribution in [0.2, 0.25) is 0 Å². The van der Waals surface area contributed by atoms with Gasteiger partial charge in [-0.15, -0.1) is 0 Å². The first-order valence-corrected chi connectivity index (χ1v) is 6.80. The molecule has 0 saturated heterocycles. The zero-order chi connectivity index (χ0) is 14.3. The third kappa shape index (κ3) is 6.57. The van der Waals surface area contributed by atoms with Gasteiger partial charge in [0, 0.05) is 38.9 Å². The monoisotopic (exact) mass is 265 g/mol. The summed E-state index contributed by atoms with van der Waals surface area (Å²) in [5.41, 5.74) is 1.86. The largest absolute Gasteiger partial charge is 0.389 e. The molecule has 0 spiro atoms. The summed E-state index contributed by atoms with van der Waals surface area (Å²) >= 11 is 0. The van der Waals surface area contributed by atoms with Gasteiger partial charge in [-0.1, -0.05) is 12.1 Å². The third-order valence-corrected chi connectivity index (χ3v) is 2.94. The summed E-state index contributed by atoms with van der Waals surface area (Å²) in [6.45, 7) is 6.91. The maximum absolute atomic E-state index is 9.60. The molecule has 0 aliphatic heterocycles. The molecular weight excluding hydrogens is 238 g/mol. The second-order valence-electron chi connectivity index (χ2n) is 5.61. The molecule has 1 aromatic carbocycles. The van der Waals surface area contributed by atoms with Crippen molar-refractivity contribution in [3.05, 3.63) is 29.8 Å². The smallest absolute Gasteiger partial charge is 0.0715 e. The normalized spacial score (nSPS) is 11.6. The zero-order valence-electron chi connectivity index (χ0n) is 12.5. The van der Waals surface area contributed by atoms with Gasteiger partial charge in [-0.25, -0.2) is 0 Å². The van der Waals surface area contributed by atoms with E-state index in [1.807, 2.05) is 20.9 Å². The highest BCUT2D eigenvalue weighted by Crippen LogP contribution is 2.13. The Morgan fingerprint density at radius 3 is 2.37 bits per heavy atom. The van der Waals surface area contributed by atoms with E-state index in [0.717, 1.165) is 19.6 Å². The molecule has 0 aliphatic rings. The minimum atomic E-state index is -0.645. The van der Waals surface area contributed by atoms with E-state index in [4.69, 9.17) is 0 Å². The van der Waals surface area contributed by atoms with Crippen LogP contribution in [0.4, 0.5) is 5.69 Å². The summed E-state index contributed by atoms with van der Waals surface area (Å²) < 4.78 is 0. The highest BCUT2D eigenvalue weighted by Gasteiger charge is 2.11. The van der Waals surface area contributed by atoms with Gasteiger partial charge in [0.15, 0.2) is 0 Å². The van der Waals surface area contributed by atoms with Crippen molar-refractivity contribution in [1.29, 1.82) is 0 Å². The first-order chi connectivity index (χ1) is 8.92. The average molecular weight is 265 g/mol. The summed E-state index contributed by atoms with van der Waals surface area (Å²) in [7, 11) is 4.03. The van der Waals surface area contributed by atoms with Crippen LogP contribution in [0.25, 0.3) is 0 Å². The average Bonchev–Trinajstić information content (AvgIpc) is 2.34. The molecule has 0 unspecified atom stereocenters. The van der Waals surface area contributed by atoms with Crippen LogP contribution in [0, 0.1) is 0 Å². The maximum Gasteiger partial charge on any atom is 0.0715 e. The summed E-state index contributed by atoms with van der Waals surface area (Å²) in [4.78, 5) is 2.21. The Morgan fingerprint density at radius 1 is 1.21 bits per heavy atom. The lowest BCUT2D eigenvalue weighted by Gasteiger charge is -2.22. The minimum absolute atomic E-state index is 0.613. The van der Waals surface area contributed by atoms with Crippen molar-refractivity contribution in [2.45, 2.75) is 26.0 Å². The van der Waals surface area contributed by atoms with Crippen molar-refractivity contribution in [1.82, 2.24) is 10.6 Å². The van der Waals surface area contributed by atoms with Gasteiger partial charge in [0.05, 0.1) is 5.60 Å². The van der Waals surface area contributed by atoms with Gasteiger partial charge in [0.2, 0.25) is 0 Å². The van der Waals surface area contributed by atoms with Crippen molar-refractivity contribution >= 4 is 5.69 Å². The fourth-order valence-electron chi connectivity index (χ4n) is 1.84. The van der Waals surface area contributed by atoms with E-state index in [-0.39, 0.29) is 0 Å². The number of likely N-dealkylation sites (N-methyl/N-ethyl adjacent to an activating group) is 1. The summed E-state index contributed by atoms with van der Waals surface area (Å²) in [5.74, 6) is 0. The molecule has 0 aromatic heterocycles. The first-order valence-electron chi connectivity index (χ1n) is 6.80. The number of hydrogen-bond donors (Lipinski definition) is 3. The lowest BCUT2D eigenvalue weighted by Crippen LogP contribution is -2.38. The lowest BCUT2D eigenvalue weighted by atomic mass is 10.1. The number of nitrogens with zero attached hydrogens (tertiary/aromatic N) is 1. The van der Waals surface area contributed by atoms with Gasteiger partial charge in [0.25, 0.3) is 0 Å². The van der Waals surface area contributed by atoms with Gasteiger partial charge in [-0.3, -0.25) is 0 Å². The van der Waals surface area contributed by atoms with Crippen LogP contribution in [-0.4, -0.2) is 44.4 Å². The Labute approximate surface area is 116 Å². The molecule has 108 valence electrons. The summed E-state index contributed by atoms with van der Waals surface area (Å²) in [6, 6.07) is 8.57. The predicted octanol–water partition coefficient (Wildman–Crippen LogP) is 1.20. The molecule has 4 heteroatoms. The summed E-state index contributed by atoms with van der Waals surface area (Å²) in [6.07, 6.45) is 0. The van der Waals surface area contributed by atoms with Crippen LogP contribution in [0.1, 0.15) is 19.4 Å². The zero-order valence-corrected chi connectivity index (χ0v) is 12.5. The van der Waals surface area contributed by atoms with Crippen LogP contribution in [0.5, 0.6) is 0 Å². The lowest BCUT2D eigenvalue weighted by molar-refractivity contribution is 0.0803. The Balaban J connectivity index is 2.34. The molecular formula is C15H27N3O. The van der Waals surface area contributed by atoms with Crippen LogP contribution >= 0.6 is 0 Å². The number of rotatable bonds is 8. The Bertz CT molecular complexity index is 357. The van der Waals surface area contributed by atoms with Gasteiger partial charge in [-0.2, -0.15) is 0 Å². The highest BCUT2D eigenvalue weighted by molar-refractivity contribution is 5.46. The number of benzene rings is 1. The second-order valence-corrected chi connectivity index (χ2v) is 5.61. The second kappa shape index (κ2) is 7.48. The number of aliphatic hydroxyl groups is 1. The Kier molecular flexibility index (Phi) is 6.28. The molecule has 1 aromatic rings. The van der Waals surface area contributed by atoms with Crippen LogP contribution < -0.4 is 15.5 Å². The standard InChI is InChI=1S/C15H27N3O/c1-15(2,19)12-17-9-10-18(4)14-7-5-13(6-8-14)11-16-3/h5-8,16-17,19H,9-12H2,1-4H3. The van der Waals surface area contributed by atoms with Crippen molar-refractivity contribution in [2.24, 2.45) is 0 Å². The minimum Gasteiger partial charge on any atom is -0.389 e. The number of nitrogens with one attached hydrogen (secondary N) is 2. The van der Waals surface area contributed by atoms with E-state index >= 15 is 0 Å². The van der Waals surface area contributed by atoms with Crippen molar-refractivity contribution in [3.8, 4) is 0 Å². The van der Waals surface area contributed by atoms with E-state index in [9.17, 15) is 5.11 Å². The molecule has 19 heavy (non-hydrogen) atoms. The highest BCUT2D eigenvalue weighted by atomic mass is 16.3. The Morgan fingerprint density at radius 2 is 1.84 bits per heavy atom. The van der Waals surface area contributed by atoms with Crippen molar-refractivity contribution in [3.63, 3.8) is 0 Å². The van der Waals surface area contributed by atoms with Crippen LogP contribution in [0.15, 0.2) is 24.3 Å². The molecule has 0 heterocycles. The van der Waals surface area contributed by atoms with E-state index in [2.05, 4.69) is 46.8 Å². The SMILES string of the molecule is CNCc1ccc(N(C)CCNCC(C)(C)O)cc1. The molecule has 0 saturated carbocycles. The molecule has 4 nitrogen and oxygen atoms in total. The Hall–Kier alpha value is -1.10. The molecule has 0 amide bonds. The van der Waals surface area contributed by atoms with Gasteiger partial charge < -0.3 is 20.6 Å². The molecule has 3 N–H and O–H groups in total. The topological polar surface area (TPSA) is 47.5 Å². The van der Waals surface area contributed by atoms with E-state index < -0.39 is 5.60 Å². The molecule has 0 fully saturated rings. The van der Waals surface area contributed by atoms with E-state index in [0.29, 0.717) is 6.54 Å². The molecule has 0 aliphatic carbocycles. The molecule has 0 atom stereocenters. The fraction of sp³-hybridized carbons (Fsp3) is 0.600. The fourth-order valence-corrected chi connectivity index (χ4v) is 1.84. The number of hydrogen-bond acceptors (Lipinski definition) is 4. The number of anilines is 1. The van der Waals surface area contributed by atoms with Crippen molar-refractivity contribution < 1.29 is 5.11 Å². The van der Waals surface area contributed by atoms with Crippen molar-refractivity contribution in [2.75, 3.05) is 38.6 Å². The van der Waals surface area contributed by atoms with E-state index in [1.165, 1.54) is 11.3 Å².